The van der Waals surface area contributed by atoms with Crippen LogP contribution in [0.25, 0.3) is 0 Å². The van der Waals surface area contributed by atoms with Crippen molar-refractivity contribution in [2.75, 3.05) is 36.5 Å². The minimum absolute atomic E-state index is 0.0588. The summed E-state index contributed by atoms with van der Waals surface area (Å²) in [4.78, 5) is 14.4. The fraction of sp³-hybridized carbons (Fsp3) is 0.632. The summed E-state index contributed by atoms with van der Waals surface area (Å²) < 4.78 is 5.22. The van der Waals surface area contributed by atoms with Crippen LogP contribution in [0.2, 0.25) is 0 Å². The number of anilines is 2. The lowest BCUT2D eigenvalue weighted by molar-refractivity contribution is -0.155. The van der Waals surface area contributed by atoms with Crippen molar-refractivity contribution >= 4 is 17.3 Å². The monoisotopic (exact) mass is 333 g/mol. The third-order valence-electron chi connectivity index (χ3n) is 4.96. The largest absolute Gasteiger partial charge is 0.466 e. The van der Waals surface area contributed by atoms with Crippen molar-refractivity contribution in [1.29, 1.82) is 0 Å². The highest BCUT2D eigenvalue weighted by atomic mass is 16.5. The molecule has 0 saturated carbocycles. The summed E-state index contributed by atoms with van der Waals surface area (Å²) in [5, 5.41) is 3.36. The molecule has 0 radical (unpaired) electrons. The number of hydrogen-bond donors (Lipinski definition) is 2. The Hall–Kier alpha value is -1.75. The number of carbonyl (C=O) groups excluding carboxylic acids is 1. The highest BCUT2D eigenvalue weighted by molar-refractivity contribution is 5.77. The van der Waals surface area contributed by atoms with E-state index in [0.29, 0.717) is 6.61 Å². The van der Waals surface area contributed by atoms with Crippen molar-refractivity contribution in [1.82, 2.24) is 0 Å². The Morgan fingerprint density at radius 2 is 1.92 bits per heavy atom. The molecule has 1 fully saturated rings. The number of rotatable bonds is 7. The molecule has 134 valence electrons. The van der Waals surface area contributed by atoms with Crippen LogP contribution in [0.1, 0.15) is 40.0 Å². The Morgan fingerprint density at radius 3 is 2.46 bits per heavy atom. The third kappa shape index (κ3) is 4.63. The molecule has 0 spiro atoms. The van der Waals surface area contributed by atoms with Gasteiger partial charge in [-0.15, -0.1) is 0 Å². The van der Waals surface area contributed by atoms with E-state index in [1.807, 2.05) is 13.8 Å². The van der Waals surface area contributed by atoms with Crippen LogP contribution in [-0.4, -0.2) is 38.3 Å². The number of nitrogens with one attached hydrogen (secondary N) is 1. The topological polar surface area (TPSA) is 67.6 Å². The van der Waals surface area contributed by atoms with Gasteiger partial charge in [-0.1, -0.05) is 6.92 Å². The molecule has 1 aliphatic rings. The molecule has 1 heterocycles. The molecule has 0 aliphatic carbocycles. The maximum Gasteiger partial charge on any atom is 0.311 e. The molecule has 5 heteroatoms. The zero-order chi connectivity index (χ0) is 17.6. The normalized spacial score (nSPS) is 18.1. The van der Waals surface area contributed by atoms with E-state index in [9.17, 15) is 4.79 Å². The minimum atomic E-state index is -0.343. The van der Waals surface area contributed by atoms with Gasteiger partial charge in [0.2, 0.25) is 0 Å². The number of piperidine rings is 1. The molecule has 0 amide bonds. The second-order valence-corrected chi connectivity index (χ2v) is 6.86. The summed E-state index contributed by atoms with van der Waals surface area (Å²) in [6, 6.07) is 8.64. The van der Waals surface area contributed by atoms with Crippen LogP contribution in [0.4, 0.5) is 11.4 Å². The van der Waals surface area contributed by atoms with Crippen LogP contribution < -0.4 is 16.0 Å². The van der Waals surface area contributed by atoms with Crippen molar-refractivity contribution in [3.63, 3.8) is 0 Å². The third-order valence-corrected chi connectivity index (χ3v) is 4.96. The minimum Gasteiger partial charge on any atom is -0.466 e. The van der Waals surface area contributed by atoms with Crippen molar-refractivity contribution in [3.05, 3.63) is 24.3 Å². The zero-order valence-electron chi connectivity index (χ0n) is 15.2. The highest BCUT2D eigenvalue weighted by Crippen LogP contribution is 2.34. The Kier molecular flexibility index (Phi) is 6.49. The van der Waals surface area contributed by atoms with Gasteiger partial charge in [-0.05, 0) is 57.4 Å². The van der Waals surface area contributed by atoms with Crippen LogP contribution in [0.15, 0.2) is 24.3 Å². The van der Waals surface area contributed by atoms with Crippen LogP contribution in [-0.2, 0) is 9.53 Å². The van der Waals surface area contributed by atoms with Gasteiger partial charge < -0.3 is 20.7 Å². The van der Waals surface area contributed by atoms with Gasteiger partial charge in [0, 0.05) is 37.1 Å². The van der Waals surface area contributed by atoms with Crippen LogP contribution in [0.3, 0.4) is 0 Å². The van der Waals surface area contributed by atoms with E-state index in [2.05, 4.69) is 41.4 Å². The molecule has 2 rings (SSSR count). The van der Waals surface area contributed by atoms with E-state index < -0.39 is 0 Å². The van der Waals surface area contributed by atoms with Crippen LogP contribution in [0.5, 0.6) is 0 Å². The summed E-state index contributed by atoms with van der Waals surface area (Å²) in [6.45, 7) is 8.97. The number of esters is 1. The SMILES string of the molecule is CCOC(=O)C1(C)CCN(c2ccc(NC[C@@H](N)CC)cc2)CC1. The van der Waals surface area contributed by atoms with Crippen molar-refractivity contribution in [2.24, 2.45) is 11.1 Å². The molecular weight excluding hydrogens is 302 g/mol. The number of ether oxygens (including phenoxy) is 1. The van der Waals surface area contributed by atoms with Crippen LogP contribution in [0, 0.1) is 5.41 Å². The molecule has 5 nitrogen and oxygen atoms in total. The standard InChI is InChI=1S/C19H31N3O2/c1-4-15(20)14-21-16-6-8-17(9-7-16)22-12-10-19(3,11-13-22)18(23)24-5-2/h6-9,15,21H,4-5,10-14,20H2,1-3H3/t15-/m0/s1. The number of nitrogens with two attached hydrogens (primary N) is 1. The second kappa shape index (κ2) is 8.38. The fourth-order valence-electron chi connectivity index (χ4n) is 2.95. The number of hydrogen-bond acceptors (Lipinski definition) is 5. The fourth-order valence-corrected chi connectivity index (χ4v) is 2.95. The summed E-state index contributed by atoms with van der Waals surface area (Å²) in [5.74, 6) is -0.0588. The first kappa shape index (κ1) is 18.6. The quantitative estimate of drug-likeness (QED) is 0.751. The predicted molar refractivity (Wildman–Crippen MR) is 99.4 cm³/mol. The van der Waals surface area contributed by atoms with Gasteiger partial charge in [0.25, 0.3) is 0 Å². The second-order valence-electron chi connectivity index (χ2n) is 6.86. The molecular formula is C19H31N3O2. The first-order valence-corrected chi connectivity index (χ1v) is 9.00. The Balaban J connectivity index is 1.89. The molecule has 1 aromatic rings. The predicted octanol–water partition coefficient (Wildman–Crippen LogP) is 3.01. The van der Waals surface area contributed by atoms with Crippen molar-refractivity contribution in [3.8, 4) is 0 Å². The Labute approximate surface area is 145 Å². The van der Waals surface area contributed by atoms with E-state index in [1.165, 1.54) is 5.69 Å². The van der Waals surface area contributed by atoms with Gasteiger partial charge in [0.15, 0.2) is 0 Å². The summed E-state index contributed by atoms with van der Waals surface area (Å²) in [5.41, 5.74) is 7.88. The first-order chi connectivity index (χ1) is 11.5. The smallest absolute Gasteiger partial charge is 0.311 e. The molecule has 1 saturated heterocycles. The van der Waals surface area contributed by atoms with E-state index in [1.54, 1.807) is 0 Å². The molecule has 0 unspecified atom stereocenters. The van der Waals surface area contributed by atoms with Gasteiger partial charge in [-0.25, -0.2) is 0 Å². The number of nitrogens with zero attached hydrogens (tertiary/aromatic N) is 1. The number of benzene rings is 1. The van der Waals surface area contributed by atoms with Crippen molar-refractivity contribution < 1.29 is 9.53 Å². The first-order valence-electron chi connectivity index (χ1n) is 9.00. The lowest BCUT2D eigenvalue weighted by atomic mass is 9.80. The Bertz CT molecular complexity index is 522. The molecule has 0 bridgehead atoms. The maximum absolute atomic E-state index is 12.1. The molecule has 3 N–H and O–H groups in total. The van der Waals surface area contributed by atoms with Gasteiger partial charge >= 0.3 is 5.97 Å². The average molecular weight is 333 g/mol. The maximum atomic E-state index is 12.1. The summed E-state index contributed by atoms with van der Waals surface area (Å²) in [7, 11) is 0. The summed E-state index contributed by atoms with van der Waals surface area (Å²) in [6.07, 6.45) is 2.63. The van der Waals surface area contributed by atoms with Crippen molar-refractivity contribution in [2.45, 2.75) is 46.1 Å². The molecule has 1 aliphatic heterocycles. The molecule has 1 aromatic carbocycles. The van der Waals surface area contributed by atoms with Crippen LogP contribution >= 0.6 is 0 Å². The molecule has 24 heavy (non-hydrogen) atoms. The summed E-state index contributed by atoms with van der Waals surface area (Å²) >= 11 is 0. The average Bonchev–Trinajstić information content (AvgIpc) is 2.61. The Morgan fingerprint density at radius 1 is 1.29 bits per heavy atom. The van der Waals surface area contributed by atoms with E-state index in [0.717, 1.165) is 44.6 Å². The van der Waals surface area contributed by atoms with Gasteiger partial charge in [0.05, 0.1) is 12.0 Å². The molecule has 1 atom stereocenters. The zero-order valence-corrected chi connectivity index (χ0v) is 15.2. The molecule has 0 aromatic heterocycles. The van der Waals surface area contributed by atoms with E-state index >= 15 is 0 Å². The van der Waals surface area contributed by atoms with Gasteiger partial charge in [-0.2, -0.15) is 0 Å². The van der Waals surface area contributed by atoms with Gasteiger partial charge in [-0.3, -0.25) is 4.79 Å². The van der Waals surface area contributed by atoms with E-state index in [-0.39, 0.29) is 17.4 Å². The van der Waals surface area contributed by atoms with E-state index in [4.69, 9.17) is 10.5 Å². The lowest BCUT2D eigenvalue weighted by Crippen LogP contribution is -2.43. The highest BCUT2D eigenvalue weighted by Gasteiger charge is 2.38. The lowest BCUT2D eigenvalue weighted by Gasteiger charge is -2.38. The number of carbonyl (C=O) groups is 1. The van der Waals surface area contributed by atoms with Gasteiger partial charge in [0.1, 0.15) is 0 Å².